The van der Waals surface area contributed by atoms with E-state index in [4.69, 9.17) is 9.84 Å². The first-order valence-corrected chi connectivity index (χ1v) is 7.78. The SMILES string of the molecule is COc1ccc2cc(C(C)C(=O)NC(CC(F)(F)F)C(=O)O)ccc2c1. The van der Waals surface area contributed by atoms with Crippen molar-refractivity contribution in [3.05, 3.63) is 42.0 Å². The van der Waals surface area contributed by atoms with Gasteiger partial charge in [-0.2, -0.15) is 13.2 Å². The van der Waals surface area contributed by atoms with Gasteiger partial charge in [0.15, 0.2) is 0 Å². The van der Waals surface area contributed by atoms with Crippen molar-refractivity contribution in [2.24, 2.45) is 0 Å². The molecule has 0 saturated heterocycles. The molecule has 5 nitrogen and oxygen atoms in total. The van der Waals surface area contributed by atoms with Crippen LogP contribution in [0.15, 0.2) is 36.4 Å². The van der Waals surface area contributed by atoms with Crippen molar-refractivity contribution in [2.45, 2.75) is 31.5 Å². The summed E-state index contributed by atoms with van der Waals surface area (Å²) in [6.45, 7) is 1.51. The predicted molar refractivity (Wildman–Crippen MR) is 89.2 cm³/mol. The fourth-order valence-corrected chi connectivity index (χ4v) is 2.52. The fraction of sp³-hybridized carbons (Fsp3) is 0.333. The van der Waals surface area contributed by atoms with Crippen LogP contribution in [0.4, 0.5) is 13.2 Å². The van der Waals surface area contributed by atoms with E-state index in [2.05, 4.69) is 0 Å². The van der Waals surface area contributed by atoms with E-state index >= 15 is 0 Å². The highest BCUT2D eigenvalue weighted by Crippen LogP contribution is 2.26. The Kier molecular flexibility index (Phi) is 5.74. The average Bonchev–Trinajstić information content (AvgIpc) is 2.58. The van der Waals surface area contributed by atoms with Crippen LogP contribution in [-0.2, 0) is 9.59 Å². The van der Waals surface area contributed by atoms with Crippen molar-refractivity contribution < 1.29 is 32.6 Å². The maximum Gasteiger partial charge on any atom is 0.391 e. The molecule has 0 radical (unpaired) electrons. The van der Waals surface area contributed by atoms with Gasteiger partial charge in [0.1, 0.15) is 11.8 Å². The highest BCUT2D eigenvalue weighted by atomic mass is 19.4. The lowest BCUT2D eigenvalue weighted by molar-refractivity contribution is -0.160. The quantitative estimate of drug-likeness (QED) is 0.818. The lowest BCUT2D eigenvalue weighted by Crippen LogP contribution is -2.45. The summed E-state index contributed by atoms with van der Waals surface area (Å²) in [5.41, 5.74) is 0.566. The lowest BCUT2D eigenvalue weighted by Gasteiger charge is -2.19. The molecular weight excluding hydrogens is 351 g/mol. The number of carbonyl (C=O) groups is 2. The molecule has 0 aliphatic carbocycles. The molecule has 0 fully saturated rings. The van der Waals surface area contributed by atoms with Crippen LogP contribution in [0.25, 0.3) is 10.8 Å². The number of halogens is 3. The molecule has 0 aliphatic rings. The van der Waals surface area contributed by atoms with E-state index < -0.39 is 36.4 Å². The van der Waals surface area contributed by atoms with Gasteiger partial charge in [-0.15, -0.1) is 0 Å². The molecule has 2 aromatic rings. The molecule has 26 heavy (non-hydrogen) atoms. The van der Waals surface area contributed by atoms with Crippen molar-refractivity contribution in [1.29, 1.82) is 0 Å². The molecule has 8 heteroatoms. The highest BCUT2D eigenvalue weighted by molar-refractivity contribution is 5.90. The number of carbonyl (C=O) groups excluding carboxylic acids is 1. The van der Waals surface area contributed by atoms with E-state index in [9.17, 15) is 22.8 Å². The number of hydrogen-bond acceptors (Lipinski definition) is 3. The molecule has 0 heterocycles. The van der Waals surface area contributed by atoms with Crippen LogP contribution >= 0.6 is 0 Å². The number of carboxylic acids is 1. The minimum Gasteiger partial charge on any atom is -0.497 e. The van der Waals surface area contributed by atoms with Crippen molar-refractivity contribution in [3.63, 3.8) is 0 Å². The third kappa shape index (κ3) is 4.87. The topological polar surface area (TPSA) is 75.6 Å². The third-order valence-corrected chi connectivity index (χ3v) is 4.01. The molecule has 2 rings (SSSR count). The minimum atomic E-state index is -4.69. The van der Waals surface area contributed by atoms with Gasteiger partial charge in [-0.1, -0.05) is 24.3 Å². The zero-order valence-electron chi connectivity index (χ0n) is 14.1. The van der Waals surface area contributed by atoms with Crippen LogP contribution in [-0.4, -0.2) is 36.3 Å². The summed E-state index contributed by atoms with van der Waals surface area (Å²) in [6.07, 6.45) is -6.32. The second kappa shape index (κ2) is 7.63. The maximum atomic E-state index is 12.5. The van der Waals surface area contributed by atoms with E-state index in [-0.39, 0.29) is 0 Å². The van der Waals surface area contributed by atoms with Crippen LogP contribution in [0.3, 0.4) is 0 Å². The Labute approximate surface area is 147 Å². The first kappa shape index (κ1) is 19.6. The van der Waals surface area contributed by atoms with E-state index in [1.807, 2.05) is 11.4 Å². The second-order valence-corrected chi connectivity index (χ2v) is 5.91. The summed E-state index contributed by atoms with van der Waals surface area (Å²) in [5.74, 6) is -2.65. The standard InChI is InChI=1S/C18H18F3NO4/c1-10(16(23)22-15(17(24)25)9-18(19,20)21)11-3-4-13-8-14(26-2)6-5-12(13)7-11/h3-8,10,15H,9H2,1-2H3,(H,22,23)(H,24,25). The van der Waals surface area contributed by atoms with Crippen LogP contribution in [0.2, 0.25) is 0 Å². The van der Waals surface area contributed by atoms with Gasteiger partial charge < -0.3 is 15.2 Å². The number of fused-ring (bicyclic) bond motifs is 1. The number of ether oxygens (including phenoxy) is 1. The summed E-state index contributed by atoms with van der Waals surface area (Å²) in [7, 11) is 1.54. The molecule has 2 N–H and O–H groups in total. The van der Waals surface area contributed by atoms with Crippen LogP contribution < -0.4 is 10.1 Å². The Morgan fingerprint density at radius 2 is 1.77 bits per heavy atom. The van der Waals surface area contributed by atoms with Crippen molar-refractivity contribution in [3.8, 4) is 5.75 Å². The van der Waals surface area contributed by atoms with Gasteiger partial charge in [0.25, 0.3) is 0 Å². The number of benzene rings is 2. The maximum absolute atomic E-state index is 12.5. The molecule has 2 unspecified atom stereocenters. The predicted octanol–water partition coefficient (Wildman–Crippen LogP) is 3.47. The molecule has 0 aromatic heterocycles. The number of amides is 1. The minimum absolute atomic E-state index is 0.566. The second-order valence-electron chi connectivity index (χ2n) is 5.91. The fourth-order valence-electron chi connectivity index (χ4n) is 2.52. The molecular formula is C18H18F3NO4. The normalized spacial score (nSPS) is 13.9. The summed E-state index contributed by atoms with van der Waals surface area (Å²) >= 11 is 0. The van der Waals surface area contributed by atoms with Gasteiger partial charge in [0.05, 0.1) is 19.4 Å². The van der Waals surface area contributed by atoms with E-state index in [1.165, 1.54) is 6.92 Å². The zero-order valence-corrected chi connectivity index (χ0v) is 14.1. The van der Waals surface area contributed by atoms with Gasteiger partial charge in [-0.25, -0.2) is 4.79 Å². The zero-order chi connectivity index (χ0) is 19.5. The molecule has 0 bridgehead atoms. The molecule has 140 valence electrons. The van der Waals surface area contributed by atoms with Crippen molar-refractivity contribution in [2.75, 3.05) is 7.11 Å². The number of hydrogen-bond donors (Lipinski definition) is 2. The summed E-state index contributed by atoms with van der Waals surface area (Å²) in [6, 6.07) is 8.51. The monoisotopic (exact) mass is 369 g/mol. The molecule has 0 saturated carbocycles. The van der Waals surface area contributed by atoms with Gasteiger partial charge in [0, 0.05) is 0 Å². The first-order chi connectivity index (χ1) is 12.1. The summed E-state index contributed by atoms with van der Waals surface area (Å²) in [4.78, 5) is 23.2. The van der Waals surface area contributed by atoms with Crippen LogP contribution in [0.5, 0.6) is 5.75 Å². The van der Waals surface area contributed by atoms with E-state index in [0.29, 0.717) is 11.3 Å². The smallest absolute Gasteiger partial charge is 0.391 e. The average molecular weight is 369 g/mol. The van der Waals surface area contributed by atoms with Crippen LogP contribution in [0.1, 0.15) is 24.8 Å². The first-order valence-electron chi connectivity index (χ1n) is 7.78. The molecule has 2 aromatic carbocycles. The van der Waals surface area contributed by atoms with Gasteiger partial charge in [-0.05, 0) is 35.4 Å². The Bertz CT molecular complexity index is 820. The largest absolute Gasteiger partial charge is 0.497 e. The number of methoxy groups -OCH3 is 1. The Morgan fingerprint density at radius 3 is 2.35 bits per heavy atom. The van der Waals surface area contributed by atoms with E-state index in [0.717, 1.165) is 10.8 Å². The number of rotatable bonds is 6. The van der Waals surface area contributed by atoms with E-state index in [1.54, 1.807) is 37.4 Å². The third-order valence-electron chi connectivity index (χ3n) is 4.01. The van der Waals surface area contributed by atoms with Crippen molar-refractivity contribution >= 4 is 22.6 Å². The van der Waals surface area contributed by atoms with Gasteiger partial charge in [-0.3, -0.25) is 4.79 Å². The van der Waals surface area contributed by atoms with Crippen molar-refractivity contribution in [1.82, 2.24) is 5.32 Å². The number of aliphatic carboxylic acids is 1. The number of carboxylic acid groups (broad SMARTS) is 1. The number of alkyl halides is 3. The highest BCUT2D eigenvalue weighted by Gasteiger charge is 2.36. The molecule has 0 aliphatic heterocycles. The summed E-state index contributed by atoms with van der Waals surface area (Å²) < 4.78 is 42.5. The molecule has 0 spiro atoms. The molecule has 2 atom stereocenters. The summed E-state index contributed by atoms with van der Waals surface area (Å²) in [5, 5.41) is 12.6. The lowest BCUT2D eigenvalue weighted by atomic mass is 9.96. The van der Waals surface area contributed by atoms with Crippen LogP contribution in [0, 0.1) is 0 Å². The Balaban J connectivity index is 2.18. The van der Waals surface area contributed by atoms with Gasteiger partial charge in [0.2, 0.25) is 5.91 Å². The Morgan fingerprint density at radius 1 is 1.15 bits per heavy atom. The van der Waals surface area contributed by atoms with Gasteiger partial charge >= 0.3 is 12.1 Å². The number of nitrogens with one attached hydrogen (secondary N) is 1. The molecule has 1 amide bonds. The Hall–Kier alpha value is -2.77.